The molecule has 1 fully saturated rings. The van der Waals surface area contributed by atoms with Gasteiger partial charge in [0.05, 0.1) is 24.2 Å². The lowest BCUT2D eigenvalue weighted by atomic mass is 9.92. The maximum Gasteiger partial charge on any atom is 0.203 e. The van der Waals surface area contributed by atoms with Crippen molar-refractivity contribution in [3.8, 4) is 0 Å². The third-order valence-electron chi connectivity index (χ3n) is 4.16. The molecular weight excluding hydrogens is 276 g/mol. The average Bonchev–Trinajstić information content (AvgIpc) is 2.91. The number of morpholine rings is 1. The Morgan fingerprint density at radius 1 is 1.27 bits per heavy atom. The first-order valence-corrected chi connectivity index (χ1v) is 7.99. The van der Waals surface area contributed by atoms with Crippen LogP contribution in [0.4, 0.5) is 5.95 Å². The fourth-order valence-electron chi connectivity index (χ4n) is 3.25. The molecule has 0 amide bonds. The van der Waals surface area contributed by atoms with Gasteiger partial charge in [-0.25, -0.2) is 4.98 Å². The summed E-state index contributed by atoms with van der Waals surface area (Å²) in [6.07, 6.45) is 0. The number of ether oxygens (including phenoxy) is 1. The summed E-state index contributed by atoms with van der Waals surface area (Å²) in [5.74, 6) is 0.941. The lowest BCUT2D eigenvalue weighted by Crippen LogP contribution is -2.45. The van der Waals surface area contributed by atoms with Crippen LogP contribution in [0, 0.1) is 5.41 Å². The van der Waals surface area contributed by atoms with E-state index in [1.165, 1.54) is 0 Å². The maximum absolute atomic E-state index is 5.43. The van der Waals surface area contributed by atoms with Gasteiger partial charge in [-0.05, 0) is 17.5 Å². The van der Waals surface area contributed by atoms with Gasteiger partial charge in [0.25, 0.3) is 0 Å². The fraction of sp³-hybridized carbons (Fsp3) is 0.588. The molecule has 1 N–H and O–H groups in total. The second-order valence-electron chi connectivity index (χ2n) is 6.99. The van der Waals surface area contributed by atoms with Crippen molar-refractivity contribution < 1.29 is 4.74 Å². The molecule has 2 aromatic rings. The van der Waals surface area contributed by atoms with Crippen LogP contribution in [0.2, 0.25) is 0 Å². The summed E-state index contributed by atoms with van der Waals surface area (Å²) >= 11 is 0. The molecule has 0 aliphatic carbocycles. The molecule has 22 heavy (non-hydrogen) atoms. The van der Waals surface area contributed by atoms with Crippen LogP contribution in [0.15, 0.2) is 24.3 Å². The zero-order chi connectivity index (χ0) is 15.6. The van der Waals surface area contributed by atoms with E-state index in [1.54, 1.807) is 0 Å². The number of nitrogens with one attached hydrogen (secondary N) is 1. The molecule has 1 saturated heterocycles. The number of fused-ring (bicyclic) bond motifs is 1. The number of hydrogen-bond acceptors (Lipinski definition) is 4. The average molecular weight is 302 g/mol. The quantitative estimate of drug-likeness (QED) is 0.921. The highest BCUT2D eigenvalue weighted by Gasteiger charge is 2.25. The number of imidazole rings is 1. The predicted octanol–water partition coefficient (Wildman–Crippen LogP) is 2.36. The van der Waals surface area contributed by atoms with Gasteiger partial charge in [0.1, 0.15) is 0 Å². The lowest BCUT2D eigenvalue weighted by Gasteiger charge is -2.37. The van der Waals surface area contributed by atoms with Crippen molar-refractivity contribution in [2.75, 3.05) is 51.3 Å². The third kappa shape index (κ3) is 3.59. The molecule has 0 saturated carbocycles. The van der Waals surface area contributed by atoms with Crippen molar-refractivity contribution in [3.05, 3.63) is 24.3 Å². The number of rotatable bonds is 5. The minimum Gasteiger partial charge on any atom is -0.379 e. The minimum absolute atomic E-state index is 0.199. The molecule has 0 atom stereocenters. The van der Waals surface area contributed by atoms with Gasteiger partial charge in [0, 0.05) is 33.2 Å². The Labute approximate surface area is 132 Å². The SMILES string of the molecule is CN(CC(C)(C)CN1CCOCC1)c1nc2ccccc2[nH]1. The standard InChI is InChI=1S/C17H26N4O/c1-17(2,13-21-8-10-22-11-9-21)12-20(3)16-18-14-6-4-5-7-15(14)19-16/h4-7H,8-13H2,1-3H3,(H,18,19). The summed E-state index contributed by atoms with van der Waals surface area (Å²) in [6.45, 7) is 10.5. The fourth-order valence-corrected chi connectivity index (χ4v) is 3.25. The highest BCUT2D eigenvalue weighted by atomic mass is 16.5. The molecule has 120 valence electrons. The van der Waals surface area contributed by atoms with Gasteiger partial charge in [-0.1, -0.05) is 26.0 Å². The molecule has 0 bridgehead atoms. The van der Waals surface area contributed by atoms with E-state index in [2.05, 4.69) is 46.7 Å². The van der Waals surface area contributed by atoms with E-state index in [0.717, 1.165) is 56.4 Å². The number of H-pyrrole nitrogens is 1. The van der Waals surface area contributed by atoms with Crippen LogP contribution >= 0.6 is 0 Å². The highest BCUT2D eigenvalue weighted by molar-refractivity contribution is 5.77. The predicted molar refractivity (Wildman–Crippen MR) is 90.4 cm³/mol. The van der Waals surface area contributed by atoms with Crippen LogP contribution in [-0.4, -0.2) is 61.3 Å². The molecule has 1 aliphatic rings. The van der Waals surface area contributed by atoms with Crippen molar-refractivity contribution >= 4 is 17.0 Å². The van der Waals surface area contributed by atoms with Gasteiger partial charge in [0.15, 0.2) is 0 Å². The summed E-state index contributed by atoms with van der Waals surface area (Å²) in [4.78, 5) is 12.8. The molecule has 0 unspecified atom stereocenters. The number of anilines is 1. The van der Waals surface area contributed by atoms with Gasteiger partial charge < -0.3 is 14.6 Å². The summed E-state index contributed by atoms with van der Waals surface area (Å²) in [5.41, 5.74) is 2.32. The number of aromatic nitrogens is 2. The van der Waals surface area contributed by atoms with Crippen LogP contribution in [0.25, 0.3) is 11.0 Å². The lowest BCUT2D eigenvalue weighted by molar-refractivity contribution is 0.0223. The van der Waals surface area contributed by atoms with Gasteiger partial charge in [-0.2, -0.15) is 0 Å². The summed E-state index contributed by atoms with van der Waals surface area (Å²) < 4.78 is 5.43. The van der Waals surface area contributed by atoms with Crippen LogP contribution < -0.4 is 4.90 Å². The second-order valence-corrected chi connectivity index (χ2v) is 6.99. The van der Waals surface area contributed by atoms with E-state index in [-0.39, 0.29) is 5.41 Å². The van der Waals surface area contributed by atoms with E-state index in [9.17, 15) is 0 Å². The first-order chi connectivity index (χ1) is 10.5. The Bertz CT molecular complexity index is 583. The van der Waals surface area contributed by atoms with Gasteiger partial charge >= 0.3 is 0 Å². The second kappa shape index (κ2) is 6.26. The van der Waals surface area contributed by atoms with Crippen LogP contribution in [-0.2, 0) is 4.74 Å². The molecule has 2 heterocycles. The molecule has 3 rings (SSSR count). The van der Waals surface area contributed by atoms with Crippen molar-refractivity contribution in [3.63, 3.8) is 0 Å². The smallest absolute Gasteiger partial charge is 0.203 e. The van der Waals surface area contributed by atoms with Gasteiger partial charge in [0.2, 0.25) is 5.95 Å². The minimum atomic E-state index is 0.199. The Morgan fingerprint density at radius 2 is 2.00 bits per heavy atom. The van der Waals surface area contributed by atoms with Crippen molar-refractivity contribution in [1.29, 1.82) is 0 Å². The normalized spacial score (nSPS) is 17.0. The first kappa shape index (κ1) is 15.3. The van der Waals surface area contributed by atoms with Crippen molar-refractivity contribution in [1.82, 2.24) is 14.9 Å². The van der Waals surface area contributed by atoms with E-state index in [4.69, 9.17) is 4.74 Å². The van der Waals surface area contributed by atoms with Crippen molar-refractivity contribution in [2.24, 2.45) is 5.41 Å². The van der Waals surface area contributed by atoms with E-state index >= 15 is 0 Å². The number of nitrogens with zero attached hydrogens (tertiary/aromatic N) is 3. The molecule has 0 radical (unpaired) electrons. The number of aromatic amines is 1. The van der Waals surface area contributed by atoms with Gasteiger partial charge in [-0.3, -0.25) is 4.90 Å². The first-order valence-electron chi connectivity index (χ1n) is 7.99. The van der Waals surface area contributed by atoms with Crippen LogP contribution in [0.3, 0.4) is 0 Å². The molecule has 5 heteroatoms. The zero-order valence-corrected chi connectivity index (χ0v) is 13.8. The van der Waals surface area contributed by atoms with Gasteiger partial charge in [-0.15, -0.1) is 0 Å². The number of benzene rings is 1. The number of para-hydroxylation sites is 2. The molecule has 5 nitrogen and oxygen atoms in total. The molecular formula is C17H26N4O. The van der Waals surface area contributed by atoms with E-state index < -0.39 is 0 Å². The summed E-state index contributed by atoms with van der Waals surface area (Å²) in [7, 11) is 2.11. The summed E-state index contributed by atoms with van der Waals surface area (Å²) in [6, 6.07) is 8.17. The van der Waals surface area contributed by atoms with Crippen LogP contribution in [0.5, 0.6) is 0 Å². The molecule has 1 aliphatic heterocycles. The number of hydrogen-bond donors (Lipinski definition) is 1. The Hall–Kier alpha value is -1.59. The van der Waals surface area contributed by atoms with Crippen molar-refractivity contribution in [2.45, 2.75) is 13.8 Å². The Balaban J connectivity index is 1.65. The zero-order valence-electron chi connectivity index (χ0n) is 13.8. The molecule has 1 aromatic carbocycles. The van der Waals surface area contributed by atoms with Crippen LogP contribution in [0.1, 0.15) is 13.8 Å². The maximum atomic E-state index is 5.43. The Kier molecular flexibility index (Phi) is 4.36. The highest BCUT2D eigenvalue weighted by Crippen LogP contribution is 2.23. The molecule has 1 aromatic heterocycles. The molecule has 0 spiro atoms. The topological polar surface area (TPSA) is 44.4 Å². The third-order valence-corrected chi connectivity index (χ3v) is 4.16. The largest absolute Gasteiger partial charge is 0.379 e. The summed E-state index contributed by atoms with van der Waals surface area (Å²) in [5, 5.41) is 0. The van der Waals surface area contributed by atoms with E-state index in [1.807, 2.05) is 18.2 Å². The Morgan fingerprint density at radius 3 is 2.73 bits per heavy atom. The van der Waals surface area contributed by atoms with E-state index in [0.29, 0.717) is 0 Å². The monoisotopic (exact) mass is 302 g/mol.